The molecule has 0 aromatic heterocycles. The first-order valence-corrected chi connectivity index (χ1v) is 3.65. The smallest absolute Gasteiger partial charge is 0.297 e. The summed E-state index contributed by atoms with van der Waals surface area (Å²) in [6, 6.07) is 0. The summed E-state index contributed by atoms with van der Waals surface area (Å²) in [6.07, 6.45) is 0. The Morgan fingerprint density at radius 3 is 2.00 bits per heavy atom. The van der Waals surface area contributed by atoms with E-state index < -0.39 is 21.4 Å². The van der Waals surface area contributed by atoms with Gasteiger partial charge in [-0.2, -0.15) is 0 Å². The van der Waals surface area contributed by atoms with E-state index in [0.29, 0.717) is 0 Å². The van der Waals surface area contributed by atoms with Crippen molar-refractivity contribution >= 4 is 41.0 Å². The quantitative estimate of drug-likeness (QED) is 0.368. The van der Waals surface area contributed by atoms with Crippen LogP contribution in [-0.2, 0) is 38.6 Å². The number of rotatable bonds is 0. The molecule has 1 rings (SSSR count). The average Bonchev–Trinajstić information content (AvgIpc) is 2.35. The van der Waals surface area contributed by atoms with Crippen molar-refractivity contribution in [3.05, 3.63) is 16.9 Å². The molecule has 1 saturated heterocycles. The van der Waals surface area contributed by atoms with Crippen molar-refractivity contribution in [2.45, 2.75) is 4.52 Å². The minimum Gasteiger partial charge on any atom is -0.441 e. The zero-order valence-corrected chi connectivity index (χ0v) is 9.49. The van der Waals surface area contributed by atoms with Gasteiger partial charge in [0, 0.05) is 19.5 Å². The van der Waals surface area contributed by atoms with Gasteiger partial charge in [-0.3, -0.25) is 0 Å². The molecule has 14 heavy (non-hydrogen) atoms. The van der Waals surface area contributed by atoms with E-state index in [2.05, 4.69) is 4.74 Å². The Morgan fingerprint density at radius 2 is 1.64 bits per heavy atom. The largest absolute Gasteiger partial charge is 0.441 e. The van der Waals surface area contributed by atoms with Crippen molar-refractivity contribution in [1.29, 1.82) is 0 Å². The summed E-state index contributed by atoms with van der Waals surface area (Å²) in [6.45, 7) is 0. The van der Waals surface area contributed by atoms with Crippen molar-refractivity contribution in [2.75, 3.05) is 0 Å². The minimum absolute atomic E-state index is 0. The van der Waals surface area contributed by atoms with Crippen LogP contribution in [-0.4, -0.2) is 22.3 Å². The van der Waals surface area contributed by atoms with Crippen molar-refractivity contribution in [3.8, 4) is 0 Å². The molecule has 4 nitrogen and oxygen atoms in total. The molecule has 1 heterocycles. The SMILES string of the molecule is O=C=C1OC(Cl)(Cl)C(=C=O)C1=C=O.[Ru]. The van der Waals surface area contributed by atoms with Gasteiger partial charge in [-0.1, -0.05) is 23.2 Å². The van der Waals surface area contributed by atoms with Crippen LogP contribution in [0.5, 0.6) is 0 Å². The zero-order valence-electron chi connectivity index (χ0n) is 6.24. The summed E-state index contributed by atoms with van der Waals surface area (Å²) < 4.78 is 2.48. The van der Waals surface area contributed by atoms with Crippen LogP contribution in [0, 0.1) is 0 Å². The van der Waals surface area contributed by atoms with E-state index in [1.807, 2.05) is 0 Å². The molecule has 0 amide bonds. The summed E-state index contributed by atoms with van der Waals surface area (Å²) in [5.41, 5.74) is -0.917. The summed E-state index contributed by atoms with van der Waals surface area (Å²) in [5, 5.41) is 0. The van der Waals surface area contributed by atoms with E-state index >= 15 is 0 Å². The monoisotopic (exact) mass is 320 g/mol. The molecule has 1 aliphatic rings. The first-order chi connectivity index (χ1) is 6.06. The Hall–Kier alpha value is -0.647. The number of hydrogen-bond donors (Lipinski definition) is 0. The van der Waals surface area contributed by atoms with Crippen molar-refractivity contribution in [3.63, 3.8) is 0 Å². The van der Waals surface area contributed by atoms with E-state index in [9.17, 15) is 14.4 Å². The van der Waals surface area contributed by atoms with E-state index in [-0.39, 0.29) is 19.5 Å². The summed E-state index contributed by atoms with van der Waals surface area (Å²) in [7, 11) is 0. The van der Waals surface area contributed by atoms with Crippen molar-refractivity contribution in [2.24, 2.45) is 0 Å². The van der Waals surface area contributed by atoms with Gasteiger partial charge < -0.3 is 4.74 Å². The zero-order chi connectivity index (χ0) is 10.1. The second-order valence-corrected chi connectivity index (χ2v) is 3.26. The minimum atomic E-state index is -2.05. The fourth-order valence-corrected chi connectivity index (χ4v) is 1.19. The van der Waals surface area contributed by atoms with Gasteiger partial charge >= 0.3 is 0 Å². The van der Waals surface area contributed by atoms with E-state index in [4.69, 9.17) is 23.2 Å². The van der Waals surface area contributed by atoms with Gasteiger partial charge in [-0.25, -0.2) is 14.4 Å². The molecule has 0 unspecified atom stereocenters. The molecule has 1 aliphatic heterocycles. The number of hydrogen-bond acceptors (Lipinski definition) is 4. The fraction of sp³-hybridized carbons (Fsp3) is 0.143. The van der Waals surface area contributed by atoms with Crippen LogP contribution in [0.25, 0.3) is 0 Å². The molecule has 7 heteroatoms. The van der Waals surface area contributed by atoms with Gasteiger partial charge in [0.2, 0.25) is 5.76 Å². The molecule has 74 valence electrons. The van der Waals surface area contributed by atoms with Crippen LogP contribution in [0.1, 0.15) is 0 Å². The predicted octanol–water partition coefficient (Wildman–Crippen LogP) is 0.377. The molecular formula is C7Cl2O4Ru. The van der Waals surface area contributed by atoms with Crippen LogP contribution in [0.15, 0.2) is 16.9 Å². The van der Waals surface area contributed by atoms with Gasteiger partial charge in [0.15, 0.2) is 5.94 Å². The van der Waals surface area contributed by atoms with Gasteiger partial charge in [0.25, 0.3) is 4.52 Å². The number of alkyl halides is 2. The van der Waals surface area contributed by atoms with Gasteiger partial charge in [0.05, 0.1) is 0 Å². The number of allylic oxidation sites excluding steroid dienone is 1. The molecule has 0 radical (unpaired) electrons. The third kappa shape index (κ3) is 2.05. The van der Waals surface area contributed by atoms with E-state index in [1.165, 1.54) is 17.8 Å². The Kier molecular flexibility index (Phi) is 4.51. The Bertz CT molecular complexity index is 409. The maximum absolute atomic E-state index is 10.3. The summed E-state index contributed by atoms with van der Waals surface area (Å²) in [5.74, 6) is 3.31. The van der Waals surface area contributed by atoms with Crippen molar-refractivity contribution < 1.29 is 38.6 Å². The molecule has 0 N–H and O–H groups in total. The van der Waals surface area contributed by atoms with Crippen LogP contribution in [0.2, 0.25) is 0 Å². The molecule has 0 atom stereocenters. The third-order valence-corrected chi connectivity index (χ3v) is 1.83. The number of carbonyl (C=O) groups excluding carboxylic acids is 3. The molecule has 0 bridgehead atoms. The molecule has 0 saturated carbocycles. The van der Waals surface area contributed by atoms with Crippen LogP contribution in [0.3, 0.4) is 0 Å². The molecule has 0 aromatic carbocycles. The first kappa shape index (κ1) is 13.4. The van der Waals surface area contributed by atoms with Gasteiger partial charge in [-0.05, 0) is 0 Å². The molecule has 0 spiro atoms. The topological polar surface area (TPSA) is 60.4 Å². The first-order valence-electron chi connectivity index (χ1n) is 2.90. The second-order valence-electron chi connectivity index (χ2n) is 2.00. The fourth-order valence-electron chi connectivity index (χ4n) is 0.769. The standard InChI is InChI=1S/C7Cl2O4.Ru/c8-7(9)5(2-11)4(1-10)6(3-12)13-7;. The second kappa shape index (κ2) is 4.73. The van der Waals surface area contributed by atoms with Gasteiger partial charge in [0.1, 0.15) is 23.0 Å². The normalized spacial score (nSPS) is 17.4. The van der Waals surface area contributed by atoms with E-state index in [0.717, 1.165) is 0 Å². The Labute approximate surface area is 101 Å². The van der Waals surface area contributed by atoms with Crippen LogP contribution < -0.4 is 0 Å². The predicted molar refractivity (Wildman–Crippen MR) is 43.1 cm³/mol. The molecular weight excluding hydrogens is 320 g/mol. The molecule has 0 aromatic rings. The maximum atomic E-state index is 10.3. The summed E-state index contributed by atoms with van der Waals surface area (Å²) in [4.78, 5) is 30.8. The number of halogens is 2. The van der Waals surface area contributed by atoms with Crippen LogP contribution >= 0.6 is 23.2 Å². The maximum Gasteiger partial charge on any atom is 0.297 e. The average molecular weight is 320 g/mol. The van der Waals surface area contributed by atoms with Crippen molar-refractivity contribution in [1.82, 2.24) is 0 Å². The summed E-state index contributed by atoms with van der Waals surface area (Å²) >= 11 is 10.8. The Balaban J connectivity index is 0.00000169. The van der Waals surface area contributed by atoms with E-state index in [1.54, 1.807) is 0 Å². The third-order valence-electron chi connectivity index (χ3n) is 1.30. The van der Waals surface area contributed by atoms with Crippen LogP contribution in [0.4, 0.5) is 0 Å². The Morgan fingerprint density at radius 1 is 1.07 bits per heavy atom. The number of ether oxygens (including phenoxy) is 1. The molecule has 1 fully saturated rings. The molecule has 0 aliphatic carbocycles. The van der Waals surface area contributed by atoms with Gasteiger partial charge in [-0.15, -0.1) is 0 Å².